The molecular weight excluding hydrogens is 210 g/mol. The molecule has 5 heteroatoms. The van der Waals surface area contributed by atoms with Crippen LogP contribution in [0.25, 0.3) is 0 Å². The Hall–Kier alpha value is -1.26. The molecule has 16 heavy (non-hydrogen) atoms. The second-order valence-electron chi connectivity index (χ2n) is 4.95. The summed E-state index contributed by atoms with van der Waals surface area (Å²) in [5, 5.41) is 8.68. The molecule has 1 saturated heterocycles. The van der Waals surface area contributed by atoms with Crippen molar-refractivity contribution in [1.29, 1.82) is 0 Å². The van der Waals surface area contributed by atoms with Crippen LogP contribution in [0.1, 0.15) is 33.6 Å². The second kappa shape index (κ2) is 4.72. The van der Waals surface area contributed by atoms with Crippen molar-refractivity contribution < 1.29 is 19.4 Å². The van der Waals surface area contributed by atoms with Gasteiger partial charge in [-0.1, -0.05) is 13.8 Å². The van der Waals surface area contributed by atoms with Crippen molar-refractivity contribution in [2.45, 2.75) is 39.2 Å². The first-order valence-corrected chi connectivity index (χ1v) is 5.51. The van der Waals surface area contributed by atoms with Gasteiger partial charge in [-0.3, -0.25) is 9.69 Å². The number of cyclic esters (lactones) is 1. The van der Waals surface area contributed by atoms with E-state index in [0.717, 1.165) is 0 Å². The van der Waals surface area contributed by atoms with Crippen molar-refractivity contribution in [1.82, 2.24) is 4.90 Å². The normalized spacial score (nSPS) is 25.0. The highest BCUT2D eigenvalue weighted by Gasteiger charge is 2.43. The van der Waals surface area contributed by atoms with Gasteiger partial charge in [0, 0.05) is 13.0 Å². The van der Waals surface area contributed by atoms with Gasteiger partial charge in [0.25, 0.3) is 0 Å². The third-order valence-corrected chi connectivity index (χ3v) is 2.80. The molecule has 0 aromatic heterocycles. The first-order chi connectivity index (χ1) is 7.35. The molecule has 1 amide bonds. The Morgan fingerprint density at radius 3 is 2.75 bits per heavy atom. The average Bonchev–Trinajstić information content (AvgIpc) is 2.44. The molecule has 1 rings (SSSR count). The van der Waals surface area contributed by atoms with E-state index < -0.39 is 11.5 Å². The quantitative estimate of drug-likeness (QED) is 0.779. The van der Waals surface area contributed by atoms with Crippen LogP contribution in [0.5, 0.6) is 0 Å². The van der Waals surface area contributed by atoms with E-state index in [4.69, 9.17) is 9.84 Å². The van der Waals surface area contributed by atoms with Gasteiger partial charge in [0.2, 0.25) is 0 Å². The first-order valence-electron chi connectivity index (χ1n) is 5.51. The lowest BCUT2D eigenvalue weighted by atomic mass is 9.95. The van der Waals surface area contributed by atoms with Gasteiger partial charge < -0.3 is 9.84 Å². The predicted molar refractivity (Wildman–Crippen MR) is 58.2 cm³/mol. The molecular formula is C11H19NO4. The molecule has 1 aliphatic rings. The van der Waals surface area contributed by atoms with E-state index in [-0.39, 0.29) is 19.1 Å². The Morgan fingerprint density at radius 1 is 1.62 bits per heavy atom. The Labute approximate surface area is 95.4 Å². The second-order valence-corrected chi connectivity index (χ2v) is 4.95. The standard InChI is InChI=1S/C11H19NO4/c1-8(2)6-12-10(15)16-7-11(12,3)5-4-9(13)14/h8H,4-7H2,1-3H3,(H,13,14). The number of rotatable bonds is 5. The summed E-state index contributed by atoms with van der Waals surface area (Å²) in [6.45, 7) is 6.80. The van der Waals surface area contributed by atoms with Gasteiger partial charge >= 0.3 is 12.1 Å². The highest BCUT2D eigenvalue weighted by Crippen LogP contribution is 2.29. The number of carbonyl (C=O) groups excluding carboxylic acids is 1. The number of carboxylic acid groups (broad SMARTS) is 1. The minimum absolute atomic E-state index is 0.0573. The van der Waals surface area contributed by atoms with Crippen LogP contribution in [0, 0.1) is 5.92 Å². The van der Waals surface area contributed by atoms with Crippen LogP contribution in [0.4, 0.5) is 4.79 Å². The van der Waals surface area contributed by atoms with Crippen LogP contribution in [-0.2, 0) is 9.53 Å². The maximum absolute atomic E-state index is 11.5. The zero-order valence-electron chi connectivity index (χ0n) is 10.0. The SMILES string of the molecule is CC(C)CN1C(=O)OCC1(C)CCC(=O)O. The summed E-state index contributed by atoms with van der Waals surface area (Å²) >= 11 is 0. The number of ether oxygens (including phenoxy) is 1. The lowest BCUT2D eigenvalue weighted by Crippen LogP contribution is -2.46. The van der Waals surface area contributed by atoms with Crippen LogP contribution in [0.15, 0.2) is 0 Å². The number of carboxylic acids is 1. The number of carbonyl (C=O) groups is 2. The topological polar surface area (TPSA) is 66.8 Å². The third-order valence-electron chi connectivity index (χ3n) is 2.80. The van der Waals surface area contributed by atoms with E-state index in [2.05, 4.69) is 0 Å². The predicted octanol–water partition coefficient (Wildman–Crippen LogP) is 1.72. The number of hydrogen-bond acceptors (Lipinski definition) is 3. The molecule has 1 aliphatic heterocycles. The van der Waals surface area contributed by atoms with Gasteiger partial charge in [-0.25, -0.2) is 4.79 Å². The van der Waals surface area contributed by atoms with Crippen molar-refractivity contribution in [2.75, 3.05) is 13.2 Å². The third kappa shape index (κ3) is 2.87. The Kier molecular flexibility index (Phi) is 3.78. The summed E-state index contributed by atoms with van der Waals surface area (Å²) in [6.07, 6.45) is 0.157. The lowest BCUT2D eigenvalue weighted by Gasteiger charge is -2.32. The molecule has 0 spiro atoms. The van der Waals surface area contributed by atoms with E-state index in [1.807, 2.05) is 20.8 Å². The maximum atomic E-state index is 11.5. The van der Waals surface area contributed by atoms with E-state index in [0.29, 0.717) is 18.9 Å². The van der Waals surface area contributed by atoms with Gasteiger partial charge in [-0.15, -0.1) is 0 Å². The van der Waals surface area contributed by atoms with Gasteiger partial charge in [0.15, 0.2) is 0 Å². The smallest absolute Gasteiger partial charge is 0.410 e. The Balaban J connectivity index is 2.68. The first kappa shape index (κ1) is 12.8. The number of hydrogen-bond donors (Lipinski definition) is 1. The van der Waals surface area contributed by atoms with Gasteiger partial charge in [-0.2, -0.15) is 0 Å². The molecule has 1 atom stereocenters. The molecule has 1 unspecified atom stereocenters. The molecule has 1 fully saturated rings. The van der Waals surface area contributed by atoms with Crippen LogP contribution in [0.2, 0.25) is 0 Å². The van der Waals surface area contributed by atoms with E-state index >= 15 is 0 Å². The monoisotopic (exact) mass is 229 g/mol. The number of nitrogens with zero attached hydrogens (tertiary/aromatic N) is 1. The fourth-order valence-electron chi connectivity index (χ4n) is 1.84. The summed E-state index contributed by atoms with van der Waals surface area (Å²) in [4.78, 5) is 23.7. The van der Waals surface area contributed by atoms with E-state index in [9.17, 15) is 9.59 Å². The Morgan fingerprint density at radius 2 is 2.25 bits per heavy atom. The zero-order chi connectivity index (χ0) is 12.3. The summed E-state index contributed by atoms with van der Waals surface area (Å²) in [5.41, 5.74) is -0.472. The summed E-state index contributed by atoms with van der Waals surface area (Å²) in [5.74, 6) is -0.500. The lowest BCUT2D eigenvalue weighted by molar-refractivity contribution is -0.137. The van der Waals surface area contributed by atoms with Crippen molar-refractivity contribution >= 4 is 12.1 Å². The minimum atomic E-state index is -0.843. The summed E-state index contributed by atoms with van der Waals surface area (Å²) in [7, 11) is 0. The zero-order valence-corrected chi connectivity index (χ0v) is 10.0. The molecule has 0 aromatic carbocycles. The maximum Gasteiger partial charge on any atom is 0.410 e. The number of amides is 1. The van der Waals surface area contributed by atoms with Crippen molar-refractivity contribution in [3.8, 4) is 0 Å². The Bertz CT molecular complexity index is 290. The number of aliphatic carboxylic acids is 1. The molecule has 1 N–H and O–H groups in total. The van der Waals surface area contributed by atoms with Crippen molar-refractivity contribution in [3.63, 3.8) is 0 Å². The molecule has 0 saturated carbocycles. The van der Waals surface area contributed by atoms with Gasteiger partial charge in [0.05, 0.1) is 5.54 Å². The highest BCUT2D eigenvalue weighted by molar-refractivity contribution is 5.72. The van der Waals surface area contributed by atoms with Crippen LogP contribution in [0.3, 0.4) is 0 Å². The molecule has 0 aliphatic carbocycles. The molecule has 0 radical (unpaired) electrons. The van der Waals surface area contributed by atoms with Crippen molar-refractivity contribution in [3.05, 3.63) is 0 Å². The van der Waals surface area contributed by atoms with E-state index in [1.165, 1.54) is 0 Å². The highest BCUT2D eigenvalue weighted by atomic mass is 16.6. The van der Waals surface area contributed by atoms with Crippen LogP contribution in [-0.4, -0.2) is 40.8 Å². The summed E-state index contributed by atoms with van der Waals surface area (Å²) in [6, 6.07) is 0. The van der Waals surface area contributed by atoms with Gasteiger partial charge in [-0.05, 0) is 19.3 Å². The molecule has 92 valence electrons. The summed E-state index contributed by atoms with van der Waals surface area (Å²) < 4.78 is 5.01. The van der Waals surface area contributed by atoms with Crippen molar-refractivity contribution in [2.24, 2.45) is 5.92 Å². The average molecular weight is 229 g/mol. The molecule has 0 aromatic rings. The van der Waals surface area contributed by atoms with Crippen LogP contribution >= 0.6 is 0 Å². The van der Waals surface area contributed by atoms with Gasteiger partial charge in [0.1, 0.15) is 6.61 Å². The molecule has 1 heterocycles. The minimum Gasteiger partial charge on any atom is -0.481 e. The largest absolute Gasteiger partial charge is 0.481 e. The van der Waals surface area contributed by atoms with Crippen LogP contribution < -0.4 is 0 Å². The van der Waals surface area contributed by atoms with E-state index in [1.54, 1.807) is 4.90 Å². The fourth-order valence-corrected chi connectivity index (χ4v) is 1.84. The molecule has 5 nitrogen and oxygen atoms in total. The molecule has 0 bridgehead atoms. The fraction of sp³-hybridized carbons (Fsp3) is 0.818.